The highest BCUT2D eigenvalue weighted by Crippen LogP contribution is 2.31. The molecule has 1 amide bonds. The Bertz CT molecular complexity index is 941. The van der Waals surface area contributed by atoms with E-state index in [1.165, 1.54) is 4.31 Å². The summed E-state index contributed by atoms with van der Waals surface area (Å²) < 4.78 is 31.6. The number of rotatable bonds is 6. The van der Waals surface area contributed by atoms with E-state index in [9.17, 15) is 13.2 Å². The molecule has 6 nitrogen and oxygen atoms in total. The Labute approximate surface area is 160 Å². The quantitative estimate of drug-likeness (QED) is 0.822. The molecule has 0 aromatic heterocycles. The maximum absolute atomic E-state index is 12.7. The number of sulfonamides is 1. The Hall–Kier alpha value is -2.54. The van der Waals surface area contributed by atoms with Crippen molar-refractivity contribution in [1.82, 2.24) is 0 Å². The number of carbonyl (C=O) groups excluding carboxylic acids is 1. The van der Waals surface area contributed by atoms with Crippen molar-refractivity contribution in [3.63, 3.8) is 0 Å². The molecule has 0 spiro atoms. The van der Waals surface area contributed by atoms with Gasteiger partial charge in [-0.1, -0.05) is 12.1 Å². The lowest BCUT2D eigenvalue weighted by Gasteiger charge is -2.30. The van der Waals surface area contributed by atoms with Crippen molar-refractivity contribution < 1.29 is 17.9 Å². The lowest BCUT2D eigenvalue weighted by atomic mass is 10.0. The Morgan fingerprint density at radius 2 is 1.96 bits per heavy atom. The molecule has 0 atom stereocenters. The van der Waals surface area contributed by atoms with Crippen LogP contribution in [0.2, 0.25) is 0 Å². The fraction of sp³-hybridized carbons (Fsp3) is 0.350. The van der Waals surface area contributed by atoms with Crippen LogP contribution in [0.1, 0.15) is 36.2 Å². The van der Waals surface area contributed by atoms with Gasteiger partial charge in [-0.05, 0) is 62.6 Å². The Morgan fingerprint density at radius 1 is 1.19 bits per heavy atom. The average Bonchev–Trinajstić information content (AvgIpc) is 2.68. The molecule has 0 aliphatic carbocycles. The smallest absolute Gasteiger partial charge is 0.255 e. The van der Waals surface area contributed by atoms with Crippen molar-refractivity contribution in [2.45, 2.75) is 26.7 Å². The number of anilines is 2. The Kier molecular flexibility index (Phi) is 5.70. The number of nitrogens with one attached hydrogen (secondary N) is 1. The van der Waals surface area contributed by atoms with Gasteiger partial charge in [0.15, 0.2) is 0 Å². The number of para-hydroxylation sites is 2. The summed E-state index contributed by atoms with van der Waals surface area (Å²) >= 11 is 0. The third kappa shape index (κ3) is 4.08. The van der Waals surface area contributed by atoms with Crippen molar-refractivity contribution >= 4 is 27.3 Å². The minimum absolute atomic E-state index is 0.0584. The van der Waals surface area contributed by atoms with Gasteiger partial charge < -0.3 is 10.1 Å². The molecule has 1 heterocycles. The van der Waals surface area contributed by atoms with Gasteiger partial charge in [0.2, 0.25) is 10.0 Å². The predicted molar refractivity (Wildman–Crippen MR) is 107 cm³/mol. The number of aryl methyl sites for hydroxylation is 1. The molecule has 2 aromatic carbocycles. The van der Waals surface area contributed by atoms with Crippen molar-refractivity contribution in [2.75, 3.05) is 28.5 Å². The molecular weight excluding hydrogens is 364 g/mol. The normalized spacial score (nSPS) is 13.8. The second kappa shape index (κ2) is 8.00. The molecule has 0 fully saturated rings. The van der Waals surface area contributed by atoms with Crippen LogP contribution in [0.25, 0.3) is 0 Å². The van der Waals surface area contributed by atoms with Crippen LogP contribution < -0.4 is 14.4 Å². The van der Waals surface area contributed by atoms with Crippen LogP contribution in [0, 0.1) is 0 Å². The van der Waals surface area contributed by atoms with Gasteiger partial charge in [-0.25, -0.2) is 8.42 Å². The fourth-order valence-electron chi connectivity index (χ4n) is 3.19. The maximum atomic E-state index is 12.7. The molecule has 7 heteroatoms. The molecule has 0 unspecified atom stereocenters. The van der Waals surface area contributed by atoms with E-state index >= 15 is 0 Å². The number of fused-ring (bicyclic) bond motifs is 1. The van der Waals surface area contributed by atoms with Crippen LogP contribution in [0.15, 0.2) is 42.5 Å². The van der Waals surface area contributed by atoms with Gasteiger partial charge in [0, 0.05) is 12.1 Å². The summed E-state index contributed by atoms with van der Waals surface area (Å²) in [4.78, 5) is 12.7. The maximum Gasteiger partial charge on any atom is 0.255 e. The van der Waals surface area contributed by atoms with Gasteiger partial charge in [-0.15, -0.1) is 0 Å². The lowest BCUT2D eigenvalue weighted by molar-refractivity contribution is 0.102. The minimum Gasteiger partial charge on any atom is -0.492 e. The van der Waals surface area contributed by atoms with E-state index in [0.717, 1.165) is 18.4 Å². The van der Waals surface area contributed by atoms with E-state index in [2.05, 4.69) is 5.32 Å². The molecule has 0 saturated carbocycles. The highest BCUT2D eigenvalue weighted by molar-refractivity contribution is 7.92. The van der Waals surface area contributed by atoms with E-state index in [0.29, 0.717) is 35.8 Å². The zero-order valence-corrected chi connectivity index (χ0v) is 16.4. The van der Waals surface area contributed by atoms with Crippen LogP contribution in [0.5, 0.6) is 5.75 Å². The molecule has 1 aliphatic rings. The predicted octanol–water partition coefficient (Wildman–Crippen LogP) is 3.44. The lowest BCUT2D eigenvalue weighted by Crippen LogP contribution is -2.36. The van der Waals surface area contributed by atoms with Gasteiger partial charge >= 0.3 is 0 Å². The van der Waals surface area contributed by atoms with Gasteiger partial charge in [0.05, 0.1) is 23.7 Å². The summed E-state index contributed by atoms with van der Waals surface area (Å²) in [6.45, 7) is 4.52. The number of benzene rings is 2. The largest absolute Gasteiger partial charge is 0.492 e. The van der Waals surface area contributed by atoms with Crippen LogP contribution in [-0.2, 0) is 16.4 Å². The second-order valence-corrected chi connectivity index (χ2v) is 8.48. The first-order valence-corrected chi connectivity index (χ1v) is 10.7. The van der Waals surface area contributed by atoms with Crippen molar-refractivity contribution in [2.24, 2.45) is 0 Å². The summed E-state index contributed by atoms with van der Waals surface area (Å²) in [5.41, 5.74) is 2.66. The fourth-order valence-corrected chi connectivity index (χ4v) is 4.39. The third-order valence-electron chi connectivity index (χ3n) is 4.55. The number of ether oxygens (including phenoxy) is 1. The first kappa shape index (κ1) is 19.2. The zero-order valence-electron chi connectivity index (χ0n) is 15.6. The molecule has 2 aromatic rings. The highest BCUT2D eigenvalue weighted by atomic mass is 32.2. The highest BCUT2D eigenvalue weighted by Gasteiger charge is 2.26. The molecule has 27 heavy (non-hydrogen) atoms. The number of amides is 1. The van der Waals surface area contributed by atoms with Crippen LogP contribution in [0.3, 0.4) is 0 Å². The van der Waals surface area contributed by atoms with Gasteiger partial charge in [0.25, 0.3) is 5.91 Å². The van der Waals surface area contributed by atoms with E-state index in [-0.39, 0.29) is 11.7 Å². The Balaban J connectivity index is 1.86. The first-order valence-electron chi connectivity index (χ1n) is 9.12. The summed E-state index contributed by atoms with van der Waals surface area (Å²) in [7, 11) is -3.31. The van der Waals surface area contributed by atoms with Crippen molar-refractivity contribution in [1.29, 1.82) is 0 Å². The summed E-state index contributed by atoms with van der Waals surface area (Å²) in [5.74, 6) is 0.426. The SMILES string of the molecule is CCOc1ccccc1NC(=O)c1ccc2c(c1)CCCN2S(=O)(=O)CC. The molecule has 0 bridgehead atoms. The average molecular weight is 388 g/mol. The van der Waals surface area contributed by atoms with Crippen molar-refractivity contribution in [3.05, 3.63) is 53.6 Å². The minimum atomic E-state index is -3.31. The van der Waals surface area contributed by atoms with E-state index in [1.54, 1.807) is 37.3 Å². The van der Waals surface area contributed by atoms with E-state index < -0.39 is 10.0 Å². The van der Waals surface area contributed by atoms with Crippen LogP contribution in [-0.4, -0.2) is 33.2 Å². The summed E-state index contributed by atoms with van der Waals surface area (Å²) in [6.07, 6.45) is 1.49. The molecule has 1 N–H and O–H groups in total. The summed E-state index contributed by atoms with van der Waals surface area (Å²) in [6, 6.07) is 12.5. The van der Waals surface area contributed by atoms with Gasteiger partial charge in [-0.3, -0.25) is 9.10 Å². The second-order valence-electron chi connectivity index (χ2n) is 6.30. The molecule has 3 rings (SSSR count). The Morgan fingerprint density at radius 3 is 2.70 bits per heavy atom. The number of hydrogen-bond donors (Lipinski definition) is 1. The molecule has 0 saturated heterocycles. The van der Waals surface area contributed by atoms with Crippen LogP contribution >= 0.6 is 0 Å². The monoisotopic (exact) mass is 388 g/mol. The standard InChI is InChI=1S/C20H24N2O4S/c1-3-26-19-10-6-5-9-17(19)21-20(23)16-11-12-18-15(14-16)8-7-13-22(18)27(24,25)4-2/h5-6,9-12,14H,3-4,7-8,13H2,1-2H3,(H,21,23). The molecule has 144 valence electrons. The van der Waals surface area contributed by atoms with Crippen molar-refractivity contribution in [3.8, 4) is 5.75 Å². The number of carbonyl (C=O) groups is 1. The number of hydrogen-bond acceptors (Lipinski definition) is 4. The molecule has 0 radical (unpaired) electrons. The third-order valence-corrected chi connectivity index (χ3v) is 6.33. The first-order chi connectivity index (χ1) is 13.0. The molecular formula is C20H24N2O4S. The van der Waals surface area contributed by atoms with Gasteiger partial charge in [-0.2, -0.15) is 0 Å². The topological polar surface area (TPSA) is 75.7 Å². The molecule has 1 aliphatic heterocycles. The number of nitrogens with zero attached hydrogens (tertiary/aromatic N) is 1. The van der Waals surface area contributed by atoms with Gasteiger partial charge in [0.1, 0.15) is 5.75 Å². The zero-order chi connectivity index (χ0) is 19.4. The van der Waals surface area contributed by atoms with Crippen LogP contribution in [0.4, 0.5) is 11.4 Å². The summed E-state index contributed by atoms with van der Waals surface area (Å²) in [5, 5.41) is 2.88. The van der Waals surface area contributed by atoms with E-state index in [1.807, 2.05) is 19.1 Å². The van der Waals surface area contributed by atoms with E-state index in [4.69, 9.17) is 4.74 Å².